The van der Waals surface area contributed by atoms with Gasteiger partial charge >= 0.3 is 5.97 Å². The average Bonchev–Trinajstić information content (AvgIpc) is 2.75. The number of hydrogen-bond acceptors (Lipinski definition) is 2. The number of carbonyl (C=O) groups excluding carboxylic acids is 1. The van der Waals surface area contributed by atoms with Crippen LogP contribution in [0.25, 0.3) is 0 Å². The van der Waals surface area contributed by atoms with Gasteiger partial charge in [0.15, 0.2) is 0 Å². The summed E-state index contributed by atoms with van der Waals surface area (Å²) in [5.41, 5.74) is -0.0822. The monoisotopic (exact) mass is 194 g/mol. The van der Waals surface area contributed by atoms with Crippen LogP contribution in [0.3, 0.4) is 0 Å². The molecule has 3 saturated carbocycles. The zero-order valence-corrected chi connectivity index (χ0v) is 8.03. The third-order valence-corrected chi connectivity index (χ3v) is 4.64. The normalized spacial score (nSPS) is 49.7. The molecular weight excluding hydrogens is 180 g/mol. The molecule has 0 aromatic carbocycles. The van der Waals surface area contributed by atoms with E-state index in [0.29, 0.717) is 12.3 Å². The van der Waals surface area contributed by atoms with E-state index < -0.39 is 5.97 Å². The molecule has 3 heteroatoms. The van der Waals surface area contributed by atoms with Crippen molar-refractivity contribution in [3.63, 3.8) is 0 Å². The van der Waals surface area contributed by atoms with Gasteiger partial charge in [-0.2, -0.15) is 0 Å². The number of carboxylic acid groups (broad SMARTS) is 1. The molecule has 0 bridgehead atoms. The second-order valence-electron chi connectivity index (χ2n) is 5.00. The van der Waals surface area contributed by atoms with Crippen LogP contribution in [0.15, 0.2) is 0 Å². The minimum atomic E-state index is -0.745. The fourth-order valence-corrected chi connectivity index (χ4v) is 4.12. The van der Waals surface area contributed by atoms with Crippen molar-refractivity contribution < 1.29 is 14.7 Å². The largest absolute Gasteiger partial charge is 0.481 e. The number of Topliss-reactive ketones (excluding diaryl/α,β-unsaturated/α-hetero) is 1. The number of ketones is 1. The van der Waals surface area contributed by atoms with Crippen LogP contribution in [0, 0.1) is 23.2 Å². The summed E-state index contributed by atoms with van der Waals surface area (Å²) >= 11 is 0. The number of fused-ring (bicyclic) bond motifs is 1. The maximum atomic E-state index is 11.6. The van der Waals surface area contributed by atoms with Gasteiger partial charge in [0.1, 0.15) is 5.78 Å². The van der Waals surface area contributed by atoms with E-state index in [0.717, 1.165) is 19.3 Å². The summed E-state index contributed by atoms with van der Waals surface area (Å²) < 4.78 is 0. The molecule has 0 heterocycles. The molecule has 3 aliphatic rings. The van der Waals surface area contributed by atoms with Crippen LogP contribution in [0.1, 0.15) is 32.1 Å². The Hall–Kier alpha value is -0.860. The molecule has 3 rings (SSSR count). The van der Waals surface area contributed by atoms with Crippen LogP contribution in [0.2, 0.25) is 0 Å². The highest BCUT2D eigenvalue weighted by molar-refractivity contribution is 5.95. The highest BCUT2D eigenvalue weighted by Crippen LogP contribution is 2.74. The zero-order valence-electron chi connectivity index (χ0n) is 8.03. The first-order valence-electron chi connectivity index (χ1n) is 5.43. The predicted molar refractivity (Wildman–Crippen MR) is 48.6 cm³/mol. The summed E-state index contributed by atoms with van der Waals surface area (Å²) in [7, 11) is 0. The van der Waals surface area contributed by atoms with Crippen LogP contribution in [0.5, 0.6) is 0 Å². The predicted octanol–water partition coefficient (Wildman–Crippen LogP) is 1.47. The summed E-state index contributed by atoms with van der Waals surface area (Å²) in [6, 6.07) is 0. The summed E-state index contributed by atoms with van der Waals surface area (Å²) in [6.45, 7) is 0. The summed E-state index contributed by atoms with van der Waals surface area (Å²) in [6.07, 6.45) is 4.66. The summed E-state index contributed by atoms with van der Waals surface area (Å²) in [4.78, 5) is 22.7. The number of carboxylic acids is 1. The molecule has 0 amide bonds. The van der Waals surface area contributed by atoms with Crippen molar-refractivity contribution in [2.45, 2.75) is 32.1 Å². The Morgan fingerprint density at radius 1 is 1.43 bits per heavy atom. The van der Waals surface area contributed by atoms with Gasteiger partial charge in [-0.05, 0) is 24.2 Å². The van der Waals surface area contributed by atoms with Crippen LogP contribution >= 0.6 is 0 Å². The summed E-state index contributed by atoms with van der Waals surface area (Å²) in [5, 5.41) is 9.11. The zero-order chi connectivity index (χ0) is 9.92. The van der Waals surface area contributed by atoms with E-state index in [1.807, 2.05) is 0 Å². The van der Waals surface area contributed by atoms with E-state index in [2.05, 4.69) is 0 Å². The maximum Gasteiger partial charge on any atom is 0.307 e. The van der Waals surface area contributed by atoms with Gasteiger partial charge in [-0.1, -0.05) is 12.8 Å². The third-order valence-electron chi connectivity index (χ3n) is 4.64. The number of hydrogen-bond donors (Lipinski definition) is 1. The molecule has 0 aromatic heterocycles. The molecule has 3 nitrogen and oxygen atoms in total. The van der Waals surface area contributed by atoms with E-state index in [-0.39, 0.29) is 23.0 Å². The Morgan fingerprint density at radius 3 is 2.93 bits per heavy atom. The Morgan fingerprint density at radius 2 is 2.21 bits per heavy atom. The molecule has 0 aromatic rings. The van der Waals surface area contributed by atoms with E-state index in [1.54, 1.807) is 0 Å². The van der Waals surface area contributed by atoms with Crippen molar-refractivity contribution >= 4 is 11.8 Å². The Bertz CT molecular complexity index is 322. The van der Waals surface area contributed by atoms with E-state index >= 15 is 0 Å². The lowest BCUT2D eigenvalue weighted by molar-refractivity contribution is -0.145. The number of carbonyl (C=O) groups is 2. The minimum Gasteiger partial charge on any atom is -0.481 e. The second-order valence-corrected chi connectivity index (χ2v) is 5.00. The first-order chi connectivity index (χ1) is 6.68. The molecular formula is C11H14O3. The molecule has 3 fully saturated rings. The first-order valence-corrected chi connectivity index (χ1v) is 5.43. The third kappa shape index (κ3) is 0.748. The molecule has 4 atom stereocenters. The van der Waals surface area contributed by atoms with Gasteiger partial charge in [0.25, 0.3) is 0 Å². The lowest BCUT2D eigenvalue weighted by Crippen LogP contribution is -2.26. The lowest BCUT2D eigenvalue weighted by atomic mass is 9.78. The van der Waals surface area contributed by atoms with Gasteiger partial charge in [-0.25, -0.2) is 0 Å². The maximum absolute atomic E-state index is 11.6. The van der Waals surface area contributed by atoms with Crippen molar-refractivity contribution in [3.8, 4) is 0 Å². The van der Waals surface area contributed by atoms with Gasteiger partial charge in [0.05, 0.1) is 5.92 Å². The second kappa shape index (κ2) is 2.38. The highest BCUT2D eigenvalue weighted by Gasteiger charge is 2.76. The van der Waals surface area contributed by atoms with Crippen molar-refractivity contribution in [2.75, 3.05) is 0 Å². The first kappa shape index (κ1) is 8.45. The average molecular weight is 194 g/mol. The fourth-order valence-electron chi connectivity index (χ4n) is 4.12. The van der Waals surface area contributed by atoms with E-state index in [9.17, 15) is 9.59 Å². The highest BCUT2D eigenvalue weighted by atomic mass is 16.4. The quantitative estimate of drug-likeness (QED) is 0.687. The van der Waals surface area contributed by atoms with E-state index in [4.69, 9.17) is 5.11 Å². The van der Waals surface area contributed by atoms with Gasteiger partial charge < -0.3 is 5.11 Å². The van der Waals surface area contributed by atoms with Crippen molar-refractivity contribution in [1.82, 2.24) is 0 Å². The lowest BCUT2D eigenvalue weighted by Gasteiger charge is -2.25. The number of rotatable bonds is 1. The molecule has 1 spiro atoms. The molecule has 0 saturated heterocycles. The topological polar surface area (TPSA) is 54.4 Å². The van der Waals surface area contributed by atoms with Gasteiger partial charge in [-0.15, -0.1) is 0 Å². The molecule has 0 aliphatic heterocycles. The molecule has 4 unspecified atom stereocenters. The molecule has 76 valence electrons. The molecule has 3 aliphatic carbocycles. The van der Waals surface area contributed by atoms with Gasteiger partial charge in [-0.3, -0.25) is 9.59 Å². The van der Waals surface area contributed by atoms with Crippen LogP contribution in [0.4, 0.5) is 0 Å². The Balaban J connectivity index is 1.97. The molecule has 0 radical (unpaired) electrons. The Kier molecular flexibility index (Phi) is 1.44. The SMILES string of the molecule is O=C(O)C1CC(=O)C2C3CCCCC132. The van der Waals surface area contributed by atoms with E-state index in [1.165, 1.54) is 6.42 Å². The van der Waals surface area contributed by atoms with Crippen molar-refractivity contribution in [2.24, 2.45) is 23.2 Å². The van der Waals surface area contributed by atoms with Gasteiger partial charge in [0, 0.05) is 12.3 Å². The van der Waals surface area contributed by atoms with Crippen LogP contribution in [-0.2, 0) is 9.59 Å². The fraction of sp³-hybridized carbons (Fsp3) is 0.818. The Labute approximate surface area is 82.5 Å². The number of aliphatic carboxylic acids is 1. The molecule has 14 heavy (non-hydrogen) atoms. The van der Waals surface area contributed by atoms with Gasteiger partial charge in [0.2, 0.25) is 0 Å². The molecule has 1 N–H and O–H groups in total. The van der Waals surface area contributed by atoms with Crippen LogP contribution < -0.4 is 0 Å². The minimum absolute atomic E-state index is 0.0822. The summed E-state index contributed by atoms with van der Waals surface area (Å²) in [5.74, 6) is -0.315. The van der Waals surface area contributed by atoms with Crippen molar-refractivity contribution in [1.29, 1.82) is 0 Å². The standard InChI is InChI=1S/C11H14O3/c12-8-5-7(10(13)14)11-4-2-1-3-6(11)9(8)11/h6-7,9H,1-5H2,(H,13,14). The smallest absolute Gasteiger partial charge is 0.307 e. The van der Waals surface area contributed by atoms with Crippen LogP contribution in [-0.4, -0.2) is 16.9 Å². The van der Waals surface area contributed by atoms with Crippen molar-refractivity contribution in [3.05, 3.63) is 0 Å².